The summed E-state index contributed by atoms with van der Waals surface area (Å²) in [4.78, 5) is 13.6. The third-order valence-corrected chi connectivity index (χ3v) is 5.06. The van der Waals surface area contributed by atoms with Gasteiger partial charge in [-0.1, -0.05) is 6.07 Å². The quantitative estimate of drug-likeness (QED) is 0.334. The van der Waals surface area contributed by atoms with E-state index in [1.165, 1.54) is 0 Å². The first-order valence-corrected chi connectivity index (χ1v) is 10.2. The average Bonchev–Trinajstić information content (AvgIpc) is 2.71. The highest BCUT2D eigenvalue weighted by Crippen LogP contribution is 2.18. The van der Waals surface area contributed by atoms with E-state index in [-0.39, 0.29) is 36.2 Å². The van der Waals surface area contributed by atoms with Gasteiger partial charge >= 0.3 is 0 Å². The molecule has 1 aromatic heterocycles. The van der Waals surface area contributed by atoms with Gasteiger partial charge in [0, 0.05) is 59.1 Å². The molecule has 29 heavy (non-hydrogen) atoms. The highest BCUT2D eigenvalue weighted by Gasteiger charge is 2.22. The summed E-state index contributed by atoms with van der Waals surface area (Å²) in [6.07, 6.45) is 2.41. The number of pyridine rings is 1. The van der Waals surface area contributed by atoms with Crippen molar-refractivity contribution in [3.05, 3.63) is 23.9 Å². The third kappa shape index (κ3) is 7.88. The van der Waals surface area contributed by atoms with Crippen LogP contribution in [0, 0.1) is 0 Å². The summed E-state index contributed by atoms with van der Waals surface area (Å²) in [7, 11) is 1.80. The number of anilines is 1. The van der Waals surface area contributed by atoms with Crippen molar-refractivity contribution < 1.29 is 9.47 Å². The van der Waals surface area contributed by atoms with Crippen LogP contribution in [0.4, 0.5) is 5.82 Å². The van der Waals surface area contributed by atoms with Crippen molar-refractivity contribution in [1.82, 2.24) is 20.5 Å². The van der Waals surface area contributed by atoms with E-state index in [0.29, 0.717) is 6.54 Å². The maximum absolute atomic E-state index is 5.80. The Balaban J connectivity index is 0.00000300. The summed E-state index contributed by atoms with van der Waals surface area (Å²) in [6, 6.07) is 4.22. The monoisotopic (exact) mass is 518 g/mol. The number of aliphatic imine (C=N–C) groups is 1. The minimum Gasteiger partial charge on any atom is -0.379 e. The normalized spacial score (nSPS) is 23.4. The minimum atomic E-state index is 0. The van der Waals surface area contributed by atoms with Gasteiger partial charge in [-0.05, 0) is 25.5 Å². The molecule has 2 saturated heterocycles. The van der Waals surface area contributed by atoms with Gasteiger partial charge < -0.3 is 25.0 Å². The van der Waals surface area contributed by atoms with Crippen LogP contribution in [0.1, 0.15) is 19.4 Å². The van der Waals surface area contributed by atoms with Crippen LogP contribution in [-0.2, 0) is 16.0 Å². The van der Waals surface area contributed by atoms with Crippen molar-refractivity contribution in [1.29, 1.82) is 0 Å². The van der Waals surface area contributed by atoms with E-state index in [4.69, 9.17) is 9.47 Å². The molecule has 0 spiro atoms. The number of guanidine groups is 1. The average molecular weight is 518 g/mol. The molecule has 2 N–H and O–H groups in total. The second-order valence-electron chi connectivity index (χ2n) is 7.49. The van der Waals surface area contributed by atoms with Crippen LogP contribution in [0.3, 0.4) is 0 Å². The van der Waals surface area contributed by atoms with Crippen LogP contribution >= 0.6 is 24.0 Å². The number of nitrogens with zero attached hydrogens (tertiary/aromatic N) is 4. The van der Waals surface area contributed by atoms with Crippen LogP contribution < -0.4 is 15.5 Å². The first-order chi connectivity index (χ1) is 13.6. The predicted octanol–water partition coefficient (Wildman–Crippen LogP) is 1.31. The minimum absolute atomic E-state index is 0. The number of hydrogen-bond acceptors (Lipinski definition) is 6. The van der Waals surface area contributed by atoms with E-state index < -0.39 is 0 Å². The summed E-state index contributed by atoms with van der Waals surface area (Å²) in [5.41, 5.74) is 1.13. The molecule has 0 radical (unpaired) electrons. The van der Waals surface area contributed by atoms with Crippen LogP contribution in [0.2, 0.25) is 0 Å². The molecule has 2 atom stereocenters. The lowest BCUT2D eigenvalue weighted by molar-refractivity contribution is -0.00546. The molecule has 0 saturated carbocycles. The van der Waals surface area contributed by atoms with E-state index in [0.717, 1.165) is 69.8 Å². The highest BCUT2D eigenvalue weighted by molar-refractivity contribution is 14.0. The first-order valence-electron chi connectivity index (χ1n) is 10.2. The smallest absolute Gasteiger partial charge is 0.191 e. The van der Waals surface area contributed by atoms with Gasteiger partial charge in [0.05, 0.1) is 25.4 Å². The highest BCUT2D eigenvalue weighted by atomic mass is 127. The van der Waals surface area contributed by atoms with Gasteiger partial charge in [0.2, 0.25) is 0 Å². The zero-order valence-electron chi connectivity index (χ0n) is 17.8. The lowest BCUT2D eigenvalue weighted by Gasteiger charge is -2.36. The summed E-state index contributed by atoms with van der Waals surface area (Å²) in [5.74, 6) is 1.83. The van der Waals surface area contributed by atoms with Crippen molar-refractivity contribution in [3.8, 4) is 0 Å². The van der Waals surface area contributed by atoms with Crippen LogP contribution in [0.15, 0.2) is 23.3 Å². The molecule has 2 fully saturated rings. The number of nitrogens with one attached hydrogen (secondary N) is 2. The van der Waals surface area contributed by atoms with E-state index in [1.54, 1.807) is 7.05 Å². The number of ether oxygens (including phenoxy) is 2. The Morgan fingerprint density at radius 3 is 2.52 bits per heavy atom. The molecule has 0 aromatic carbocycles. The van der Waals surface area contributed by atoms with Gasteiger partial charge in [-0.25, -0.2) is 4.98 Å². The molecular weight excluding hydrogens is 483 g/mol. The van der Waals surface area contributed by atoms with Crippen LogP contribution in [-0.4, -0.2) is 87.6 Å². The second-order valence-corrected chi connectivity index (χ2v) is 7.49. The van der Waals surface area contributed by atoms with Crippen molar-refractivity contribution in [2.24, 2.45) is 4.99 Å². The van der Waals surface area contributed by atoms with Crippen LogP contribution in [0.25, 0.3) is 0 Å². The molecule has 3 heterocycles. The molecule has 2 aliphatic heterocycles. The summed E-state index contributed by atoms with van der Waals surface area (Å²) < 4.78 is 11.2. The largest absolute Gasteiger partial charge is 0.379 e. The van der Waals surface area contributed by atoms with E-state index in [2.05, 4.69) is 56.4 Å². The zero-order valence-corrected chi connectivity index (χ0v) is 20.1. The Kier molecular flexibility index (Phi) is 10.4. The molecule has 0 amide bonds. The Bertz CT molecular complexity index is 614. The molecule has 2 aliphatic rings. The lowest BCUT2D eigenvalue weighted by Crippen LogP contribution is -2.45. The second kappa shape index (κ2) is 12.5. The van der Waals surface area contributed by atoms with E-state index >= 15 is 0 Å². The molecule has 9 heteroatoms. The van der Waals surface area contributed by atoms with Crippen LogP contribution in [0.5, 0.6) is 0 Å². The lowest BCUT2D eigenvalue weighted by atomic mass is 10.2. The SMILES string of the molecule is CN=C(NCCN1CCOCC1)NCc1ccc(N2CC(C)OC(C)C2)nc1.I. The number of halogens is 1. The fourth-order valence-corrected chi connectivity index (χ4v) is 3.64. The third-order valence-electron chi connectivity index (χ3n) is 5.06. The Hall–Kier alpha value is -1.17. The van der Waals surface area contributed by atoms with Gasteiger partial charge in [-0.15, -0.1) is 24.0 Å². The van der Waals surface area contributed by atoms with Crippen molar-refractivity contribution in [2.45, 2.75) is 32.6 Å². The Morgan fingerprint density at radius 1 is 1.17 bits per heavy atom. The number of hydrogen-bond donors (Lipinski definition) is 2. The maximum atomic E-state index is 5.80. The first kappa shape index (κ1) is 24.1. The fraction of sp³-hybridized carbons (Fsp3) is 0.700. The molecule has 8 nitrogen and oxygen atoms in total. The van der Waals surface area contributed by atoms with Gasteiger partial charge in [0.25, 0.3) is 0 Å². The van der Waals surface area contributed by atoms with Crippen molar-refractivity contribution >= 4 is 35.8 Å². The molecule has 1 aromatic rings. The molecule has 164 valence electrons. The number of morpholine rings is 2. The number of rotatable bonds is 6. The molecular formula is C20H35IN6O2. The van der Waals surface area contributed by atoms with Gasteiger partial charge in [0.1, 0.15) is 5.82 Å². The molecule has 0 aliphatic carbocycles. The van der Waals surface area contributed by atoms with Gasteiger partial charge in [-0.2, -0.15) is 0 Å². The summed E-state index contributed by atoms with van der Waals surface area (Å²) >= 11 is 0. The topological polar surface area (TPSA) is 74.2 Å². The van der Waals surface area contributed by atoms with Crippen molar-refractivity contribution in [2.75, 3.05) is 64.4 Å². The van der Waals surface area contributed by atoms with Crippen molar-refractivity contribution in [3.63, 3.8) is 0 Å². The fourth-order valence-electron chi connectivity index (χ4n) is 3.64. The van der Waals surface area contributed by atoms with E-state index in [9.17, 15) is 0 Å². The molecule has 3 rings (SSSR count). The summed E-state index contributed by atoms with van der Waals surface area (Å²) in [5, 5.41) is 6.73. The molecule has 0 bridgehead atoms. The maximum Gasteiger partial charge on any atom is 0.191 e. The zero-order chi connectivity index (χ0) is 19.8. The number of aromatic nitrogens is 1. The predicted molar refractivity (Wildman–Crippen MR) is 127 cm³/mol. The van der Waals surface area contributed by atoms with Gasteiger partial charge in [-0.3, -0.25) is 9.89 Å². The van der Waals surface area contributed by atoms with Gasteiger partial charge in [0.15, 0.2) is 5.96 Å². The molecule has 2 unspecified atom stereocenters. The van der Waals surface area contributed by atoms with E-state index in [1.807, 2.05) is 6.20 Å². The standard InChI is InChI=1S/C20H34N6O2.HI/c1-16-14-26(15-17(2)28-16)19-5-4-18(12-23-19)13-24-20(21-3)22-6-7-25-8-10-27-11-9-25;/h4-5,12,16-17H,6-11,13-15H2,1-3H3,(H2,21,22,24);1H. The Labute approximate surface area is 191 Å². The Morgan fingerprint density at radius 2 is 1.90 bits per heavy atom. The summed E-state index contributed by atoms with van der Waals surface area (Å²) in [6.45, 7) is 12.2.